The number of carbonyl (C=O) groups is 4. The first-order valence-electron chi connectivity index (χ1n) is 37.6. The second kappa shape index (κ2) is 65.4. The number of hydrogen-bond donors (Lipinski definition) is 3. The van der Waals surface area contributed by atoms with Gasteiger partial charge in [-0.3, -0.25) is 37.3 Å². The van der Waals surface area contributed by atoms with Crippen molar-refractivity contribution >= 4 is 39.5 Å². The van der Waals surface area contributed by atoms with Crippen LogP contribution in [0.1, 0.15) is 375 Å². The molecular weight excluding hydrogens is 1200 g/mol. The Morgan fingerprint density at radius 3 is 0.747 bits per heavy atom. The highest BCUT2D eigenvalue weighted by molar-refractivity contribution is 7.47. The molecule has 0 saturated carbocycles. The van der Waals surface area contributed by atoms with Crippen LogP contribution in [0.3, 0.4) is 0 Å². The number of carbonyl (C=O) groups excluding carboxylic acids is 4. The minimum absolute atomic E-state index is 0.107. The molecule has 0 saturated heterocycles. The standard InChI is InChI=1S/C72H140O17P2/c1-6-9-12-15-18-21-24-25-26-27-28-32-38-43-48-53-58-72(77)89-68(62-83-70(75)56-51-46-41-36-33-29-31-34-39-44-49-54-65(4)5)64-87-91(80,81)85-60-66(73)59-84-90(78,79)86-63-67(61-82-69(74)55-50-45-40-35-23-20-17-14-11-8-3)88-71(76)57-52-47-42-37-30-22-19-16-13-10-7-2/h65-68,73H,6-64H2,1-5H3,(H,78,79)(H,80,81)/t66-,67+,68+/m0/s1. The summed E-state index contributed by atoms with van der Waals surface area (Å²) in [6.07, 6.45) is 52.5. The number of aliphatic hydroxyl groups excluding tert-OH is 1. The smallest absolute Gasteiger partial charge is 0.462 e. The Morgan fingerprint density at radius 1 is 0.297 bits per heavy atom. The van der Waals surface area contributed by atoms with Gasteiger partial charge in [-0.05, 0) is 31.6 Å². The van der Waals surface area contributed by atoms with Crippen molar-refractivity contribution in [3.05, 3.63) is 0 Å². The van der Waals surface area contributed by atoms with E-state index in [1.54, 1.807) is 0 Å². The number of aliphatic hydroxyl groups is 1. The highest BCUT2D eigenvalue weighted by atomic mass is 31.2. The van der Waals surface area contributed by atoms with Crippen LogP contribution in [0.2, 0.25) is 0 Å². The maximum absolute atomic E-state index is 13.0. The van der Waals surface area contributed by atoms with Crippen molar-refractivity contribution in [2.45, 2.75) is 393 Å². The Hall–Kier alpha value is -1.94. The van der Waals surface area contributed by atoms with E-state index in [1.807, 2.05) is 0 Å². The van der Waals surface area contributed by atoms with Gasteiger partial charge in [-0.25, -0.2) is 9.13 Å². The highest BCUT2D eigenvalue weighted by Gasteiger charge is 2.30. The molecule has 0 aliphatic rings. The molecule has 0 aromatic heterocycles. The lowest BCUT2D eigenvalue weighted by Crippen LogP contribution is -2.30. The molecule has 0 aliphatic carbocycles. The van der Waals surface area contributed by atoms with Crippen LogP contribution in [0.4, 0.5) is 0 Å². The van der Waals surface area contributed by atoms with E-state index in [0.29, 0.717) is 25.7 Å². The van der Waals surface area contributed by atoms with E-state index >= 15 is 0 Å². The van der Waals surface area contributed by atoms with E-state index in [4.69, 9.17) is 37.0 Å². The predicted octanol–water partition coefficient (Wildman–Crippen LogP) is 20.9. The molecule has 0 bridgehead atoms. The maximum atomic E-state index is 13.0. The fraction of sp³-hybridized carbons (Fsp3) is 0.944. The zero-order chi connectivity index (χ0) is 67.0. The molecule has 0 rings (SSSR count). The zero-order valence-corrected chi connectivity index (χ0v) is 60.8. The lowest BCUT2D eigenvalue weighted by molar-refractivity contribution is -0.161. The SMILES string of the molecule is CCCCCCCCCCCCCCCCCCC(=O)O[C@H](COC(=O)CCCCCCCCCCCCCC(C)C)COP(=O)(O)OC[C@@H](O)COP(=O)(O)OC[C@@H](COC(=O)CCCCCCCCCCCC)OC(=O)CCCCCCCCCCCCC. The topological polar surface area (TPSA) is 237 Å². The summed E-state index contributed by atoms with van der Waals surface area (Å²) in [5, 5.41) is 10.6. The molecule has 0 aromatic rings. The summed E-state index contributed by atoms with van der Waals surface area (Å²) in [6, 6.07) is 0. The van der Waals surface area contributed by atoms with Gasteiger partial charge in [0.05, 0.1) is 26.4 Å². The van der Waals surface area contributed by atoms with E-state index in [1.165, 1.54) is 199 Å². The number of unbranched alkanes of at least 4 members (excludes halogenated alkanes) is 44. The van der Waals surface area contributed by atoms with E-state index in [2.05, 4.69) is 34.6 Å². The molecule has 0 amide bonds. The second-order valence-electron chi connectivity index (χ2n) is 26.5. The summed E-state index contributed by atoms with van der Waals surface area (Å²) in [6.45, 7) is 7.26. The van der Waals surface area contributed by atoms with Crippen LogP contribution in [0.15, 0.2) is 0 Å². The highest BCUT2D eigenvalue weighted by Crippen LogP contribution is 2.45. The summed E-state index contributed by atoms with van der Waals surface area (Å²) in [5.41, 5.74) is 0. The van der Waals surface area contributed by atoms with E-state index < -0.39 is 97.5 Å². The summed E-state index contributed by atoms with van der Waals surface area (Å²) in [7, 11) is -9.90. The first kappa shape index (κ1) is 89.1. The molecule has 2 unspecified atom stereocenters. The molecule has 3 N–H and O–H groups in total. The van der Waals surface area contributed by atoms with Gasteiger partial charge in [0.1, 0.15) is 19.3 Å². The third-order valence-electron chi connectivity index (χ3n) is 16.8. The molecule has 0 heterocycles. The van der Waals surface area contributed by atoms with Crippen molar-refractivity contribution in [2.24, 2.45) is 5.92 Å². The molecule has 0 radical (unpaired) electrons. The fourth-order valence-electron chi connectivity index (χ4n) is 11.0. The Labute approximate surface area is 556 Å². The normalized spacial score (nSPS) is 14.0. The molecule has 91 heavy (non-hydrogen) atoms. The molecule has 19 heteroatoms. The second-order valence-corrected chi connectivity index (χ2v) is 29.4. The van der Waals surface area contributed by atoms with Crippen LogP contribution < -0.4 is 0 Å². The molecular formula is C72H140O17P2. The van der Waals surface area contributed by atoms with Crippen molar-refractivity contribution in [3.8, 4) is 0 Å². The van der Waals surface area contributed by atoms with Crippen LogP contribution in [-0.4, -0.2) is 96.7 Å². The first-order valence-corrected chi connectivity index (χ1v) is 40.6. The Kier molecular flexibility index (Phi) is 64.0. The molecule has 0 spiro atoms. The van der Waals surface area contributed by atoms with Crippen molar-refractivity contribution in [1.82, 2.24) is 0 Å². The number of phosphoric acid groups is 2. The maximum Gasteiger partial charge on any atom is 0.472 e. The number of ether oxygens (including phenoxy) is 4. The van der Waals surface area contributed by atoms with E-state index in [0.717, 1.165) is 95.8 Å². The minimum Gasteiger partial charge on any atom is -0.462 e. The van der Waals surface area contributed by atoms with Crippen molar-refractivity contribution in [3.63, 3.8) is 0 Å². The molecule has 17 nitrogen and oxygen atoms in total. The van der Waals surface area contributed by atoms with Gasteiger partial charge in [-0.1, -0.05) is 324 Å². The fourth-order valence-corrected chi connectivity index (χ4v) is 12.6. The summed E-state index contributed by atoms with van der Waals surface area (Å²) in [4.78, 5) is 72.6. The van der Waals surface area contributed by atoms with Crippen LogP contribution in [0, 0.1) is 5.92 Å². The molecule has 5 atom stereocenters. The Bertz CT molecular complexity index is 1750. The van der Waals surface area contributed by atoms with Gasteiger partial charge in [0.15, 0.2) is 12.2 Å². The van der Waals surface area contributed by atoms with Crippen LogP contribution in [-0.2, 0) is 65.4 Å². The van der Waals surface area contributed by atoms with Gasteiger partial charge in [0.2, 0.25) is 0 Å². The summed E-state index contributed by atoms with van der Waals surface area (Å²) < 4.78 is 68.4. The van der Waals surface area contributed by atoms with Crippen molar-refractivity contribution in [2.75, 3.05) is 39.6 Å². The quantitative estimate of drug-likeness (QED) is 0.0222. The molecule has 0 aromatic carbocycles. The third-order valence-corrected chi connectivity index (χ3v) is 18.7. The average Bonchev–Trinajstić information content (AvgIpc) is 2.92. The van der Waals surface area contributed by atoms with E-state index in [9.17, 15) is 43.2 Å². The third kappa shape index (κ3) is 66.5. The average molecular weight is 1340 g/mol. The summed E-state index contributed by atoms with van der Waals surface area (Å²) >= 11 is 0. The lowest BCUT2D eigenvalue weighted by Gasteiger charge is -2.21. The summed E-state index contributed by atoms with van der Waals surface area (Å²) in [5.74, 6) is -1.35. The van der Waals surface area contributed by atoms with Gasteiger partial charge in [-0.2, -0.15) is 0 Å². The Balaban J connectivity index is 5.24. The minimum atomic E-state index is -4.95. The van der Waals surface area contributed by atoms with Crippen molar-refractivity contribution in [1.29, 1.82) is 0 Å². The molecule has 540 valence electrons. The predicted molar refractivity (Wildman–Crippen MR) is 368 cm³/mol. The number of phosphoric ester groups is 2. The number of esters is 4. The number of rotatable bonds is 72. The Morgan fingerprint density at radius 2 is 0.505 bits per heavy atom. The van der Waals surface area contributed by atoms with Gasteiger partial charge in [0.25, 0.3) is 0 Å². The first-order chi connectivity index (χ1) is 44.0. The lowest BCUT2D eigenvalue weighted by atomic mass is 10.0. The van der Waals surface area contributed by atoms with Crippen LogP contribution in [0.5, 0.6) is 0 Å². The van der Waals surface area contributed by atoms with Gasteiger partial charge >= 0.3 is 39.5 Å². The van der Waals surface area contributed by atoms with Gasteiger partial charge < -0.3 is 33.8 Å². The molecule has 0 fully saturated rings. The number of hydrogen-bond acceptors (Lipinski definition) is 15. The van der Waals surface area contributed by atoms with Crippen LogP contribution in [0.25, 0.3) is 0 Å². The largest absolute Gasteiger partial charge is 0.472 e. The van der Waals surface area contributed by atoms with E-state index in [-0.39, 0.29) is 25.7 Å². The monoisotopic (exact) mass is 1340 g/mol. The van der Waals surface area contributed by atoms with Gasteiger partial charge in [0, 0.05) is 25.7 Å². The zero-order valence-electron chi connectivity index (χ0n) is 59.0. The molecule has 0 aliphatic heterocycles. The van der Waals surface area contributed by atoms with Crippen molar-refractivity contribution < 1.29 is 80.2 Å². The van der Waals surface area contributed by atoms with Gasteiger partial charge in [-0.15, -0.1) is 0 Å². The van der Waals surface area contributed by atoms with Crippen LogP contribution >= 0.6 is 15.6 Å².